The SMILES string of the molecule is CCc1ccc(S(=O)(=O)NCc2ccco2)cc1CNC. The van der Waals surface area contributed by atoms with Crippen molar-refractivity contribution in [1.29, 1.82) is 0 Å². The summed E-state index contributed by atoms with van der Waals surface area (Å²) in [5.74, 6) is 0.583. The van der Waals surface area contributed by atoms with Crippen molar-refractivity contribution in [3.63, 3.8) is 0 Å². The molecule has 0 saturated heterocycles. The normalized spacial score (nSPS) is 11.7. The van der Waals surface area contributed by atoms with Gasteiger partial charge in [-0.05, 0) is 48.9 Å². The first-order chi connectivity index (χ1) is 10.1. The molecule has 0 saturated carbocycles. The van der Waals surface area contributed by atoms with Gasteiger partial charge in [-0.3, -0.25) is 0 Å². The van der Waals surface area contributed by atoms with Crippen molar-refractivity contribution >= 4 is 10.0 Å². The van der Waals surface area contributed by atoms with Crippen LogP contribution in [0.15, 0.2) is 45.9 Å². The molecule has 2 rings (SSSR count). The third-order valence-corrected chi connectivity index (χ3v) is 4.65. The molecule has 5 nitrogen and oxygen atoms in total. The van der Waals surface area contributed by atoms with E-state index in [0.29, 0.717) is 12.3 Å². The second-order valence-corrected chi connectivity index (χ2v) is 6.49. The molecule has 1 aromatic heterocycles. The first kappa shape index (κ1) is 15.8. The van der Waals surface area contributed by atoms with Crippen molar-refractivity contribution in [2.24, 2.45) is 0 Å². The number of furan rings is 1. The monoisotopic (exact) mass is 308 g/mol. The van der Waals surface area contributed by atoms with Crippen molar-refractivity contribution < 1.29 is 12.8 Å². The number of aryl methyl sites for hydroxylation is 1. The highest BCUT2D eigenvalue weighted by Gasteiger charge is 2.16. The van der Waals surface area contributed by atoms with Gasteiger partial charge in [-0.15, -0.1) is 0 Å². The van der Waals surface area contributed by atoms with Gasteiger partial charge in [-0.25, -0.2) is 13.1 Å². The Hall–Kier alpha value is -1.63. The van der Waals surface area contributed by atoms with Crippen LogP contribution in [0, 0.1) is 0 Å². The van der Waals surface area contributed by atoms with E-state index < -0.39 is 10.0 Å². The molecule has 2 N–H and O–H groups in total. The third kappa shape index (κ3) is 3.93. The van der Waals surface area contributed by atoms with Gasteiger partial charge in [-0.2, -0.15) is 0 Å². The Morgan fingerprint density at radius 3 is 2.57 bits per heavy atom. The molecule has 1 aromatic carbocycles. The molecule has 114 valence electrons. The van der Waals surface area contributed by atoms with Crippen LogP contribution in [0.1, 0.15) is 23.8 Å². The molecule has 0 unspecified atom stereocenters. The first-order valence-electron chi connectivity index (χ1n) is 6.85. The predicted molar refractivity (Wildman–Crippen MR) is 81.3 cm³/mol. The topological polar surface area (TPSA) is 71.3 Å². The summed E-state index contributed by atoms with van der Waals surface area (Å²) in [7, 11) is -1.70. The Balaban J connectivity index is 2.20. The molecular weight excluding hydrogens is 288 g/mol. The second-order valence-electron chi connectivity index (χ2n) is 4.72. The van der Waals surface area contributed by atoms with Gasteiger partial charge in [0.25, 0.3) is 0 Å². The highest BCUT2D eigenvalue weighted by Crippen LogP contribution is 2.17. The highest BCUT2D eigenvalue weighted by atomic mass is 32.2. The molecule has 0 aliphatic carbocycles. The lowest BCUT2D eigenvalue weighted by Gasteiger charge is -2.11. The summed E-state index contributed by atoms with van der Waals surface area (Å²) in [6.45, 7) is 2.84. The van der Waals surface area contributed by atoms with Gasteiger partial charge < -0.3 is 9.73 Å². The molecule has 0 radical (unpaired) electrons. The van der Waals surface area contributed by atoms with Crippen molar-refractivity contribution in [3.8, 4) is 0 Å². The van der Waals surface area contributed by atoms with Crippen LogP contribution in [0.25, 0.3) is 0 Å². The van der Waals surface area contributed by atoms with Crippen LogP contribution in [0.3, 0.4) is 0 Å². The Morgan fingerprint density at radius 1 is 1.14 bits per heavy atom. The van der Waals surface area contributed by atoms with Gasteiger partial charge in [0.2, 0.25) is 10.0 Å². The van der Waals surface area contributed by atoms with Crippen LogP contribution >= 0.6 is 0 Å². The maximum atomic E-state index is 12.3. The van der Waals surface area contributed by atoms with E-state index in [4.69, 9.17) is 4.42 Å². The fraction of sp³-hybridized carbons (Fsp3) is 0.333. The van der Waals surface area contributed by atoms with Crippen LogP contribution in [-0.4, -0.2) is 15.5 Å². The molecule has 1 heterocycles. The number of nitrogens with one attached hydrogen (secondary N) is 2. The molecule has 0 aliphatic rings. The lowest BCUT2D eigenvalue weighted by Crippen LogP contribution is -2.23. The van der Waals surface area contributed by atoms with E-state index in [1.54, 1.807) is 24.3 Å². The maximum Gasteiger partial charge on any atom is 0.240 e. The number of sulfonamides is 1. The lowest BCUT2D eigenvalue weighted by molar-refractivity contribution is 0.498. The molecule has 2 aromatic rings. The van der Waals surface area contributed by atoms with Crippen LogP contribution in [0.4, 0.5) is 0 Å². The quantitative estimate of drug-likeness (QED) is 0.821. The summed E-state index contributed by atoms with van der Waals surface area (Å²) >= 11 is 0. The number of benzene rings is 1. The summed E-state index contributed by atoms with van der Waals surface area (Å²) in [5.41, 5.74) is 2.15. The van der Waals surface area contributed by atoms with Crippen LogP contribution in [0.5, 0.6) is 0 Å². The van der Waals surface area contributed by atoms with Crippen molar-refractivity contribution in [1.82, 2.24) is 10.0 Å². The lowest BCUT2D eigenvalue weighted by atomic mass is 10.1. The molecule has 0 aliphatic heterocycles. The summed E-state index contributed by atoms with van der Waals surface area (Å²) < 4.78 is 32.3. The van der Waals surface area contributed by atoms with Gasteiger partial charge in [-0.1, -0.05) is 13.0 Å². The predicted octanol–water partition coefficient (Wildman–Crippen LogP) is 2.04. The van der Waals surface area contributed by atoms with E-state index in [-0.39, 0.29) is 11.4 Å². The van der Waals surface area contributed by atoms with E-state index >= 15 is 0 Å². The number of rotatable bonds is 7. The Bertz CT molecular complexity index is 679. The van der Waals surface area contributed by atoms with Crippen LogP contribution in [0.2, 0.25) is 0 Å². The highest BCUT2D eigenvalue weighted by molar-refractivity contribution is 7.89. The molecule has 0 spiro atoms. The minimum Gasteiger partial charge on any atom is -0.468 e. The van der Waals surface area contributed by atoms with Crippen LogP contribution < -0.4 is 10.0 Å². The average Bonchev–Trinajstić information content (AvgIpc) is 2.99. The van der Waals surface area contributed by atoms with Gasteiger partial charge in [0.05, 0.1) is 17.7 Å². The zero-order valence-corrected chi connectivity index (χ0v) is 13.0. The van der Waals surface area contributed by atoms with E-state index in [1.807, 2.05) is 13.1 Å². The fourth-order valence-corrected chi connectivity index (χ4v) is 3.18. The first-order valence-corrected chi connectivity index (χ1v) is 8.33. The van der Waals surface area contributed by atoms with E-state index in [9.17, 15) is 8.42 Å². The van der Waals surface area contributed by atoms with Crippen molar-refractivity contribution in [2.75, 3.05) is 7.05 Å². The summed E-state index contributed by atoms with van der Waals surface area (Å²) in [4.78, 5) is 0.275. The molecule has 0 atom stereocenters. The molecule has 0 fully saturated rings. The van der Waals surface area contributed by atoms with Gasteiger partial charge in [0.15, 0.2) is 0 Å². The minimum atomic E-state index is -3.54. The third-order valence-electron chi connectivity index (χ3n) is 3.25. The van der Waals surface area contributed by atoms with Gasteiger partial charge in [0.1, 0.15) is 5.76 Å². The smallest absolute Gasteiger partial charge is 0.240 e. The fourth-order valence-electron chi connectivity index (χ4n) is 2.13. The van der Waals surface area contributed by atoms with Crippen LogP contribution in [-0.2, 0) is 29.5 Å². The zero-order chi connectivity index (χ0) is 15.3. The number of hydrogen-bond donors (Lipinski definition) is 2. The molecule has 0 amide bonds. The maximum absolute atomic E-state index is 12.3. The molecule has 6 heteroatoms. The van der Waals surface area contributed by atoms with Gasteiger partial charge in [0, 0.05) is 6.54 Å². The van der Waals surface area contributed by atoms with Crippen molar-refractivity contribution in [2.45, 2.75) is 31.3 Å². The van der Waals surface area contributed by atoms with E-state index in [0.717, 1.165) is 17.5 Å². The summed E-state index contributed by atoms with van der Waals surface area (Å²) in [6, 6.07) is 8.69. The summed E-state index contributed by atoms with van der Waals surface area (Å²) in [5, 5.41) is 3.06. The van der Waals surface area contributed by atoms with E-state index in [1.165, 1.54) is 6.26 Å². The standard InChI is InChI=1S/C15H20N2O3S/c1-3-12-6-7-15(9-13(12)10-16-2)21(18,19)17-11-14-5-4-8-20-14/h4-9,16-17H,3,10-11H2,1-2H3. The average molecular weight is 308 g/mol. The molecule has 0 bridgehead atoms. The second kappa shape index (κ2) is 6.89. The summed E-state index contributed by atoms with van der Waals surface area (Å²) in [6.07, 6.45) is 2.39. The number of hydrogen-bond acceptors (Lipinski definition) is 4. The Kier molecular flexibility index (Phi) is 5.17. The van der Waals surface area contributed by atoms with Crippen molar-refractivity contribution in [3.05, 3.63) is 53.5 Å². The largest absolute Gasteiger partial charge is 0.468 e. The Morgan fingerprint density at radius 2 is 1.95 bits per heavy atom. The minimum absolute atomic E-state index is 0.145. The molecule has 21 heavy (non-hydrogen) atoms. The molecular formula is C15H20N2O3S. The Labute approximate surface area is 125 Å². The van der Waals surface area contributed by atoms with E-state index in [2.05, 4.69) is 17.0 Å². The van der Waals surface area contributed by atoms with Gasteiger partial charge >= 0.3 is 0 Å². The zero-order valence-electron chi connectivity index (χ0n) is 12.2.